The van der Waals surface area contributed by atoms with Crippen molar-refractivity contribution in [1.82, 2.24) is 14.8 Å². The minimum absolute atomic E-state index is 0.0100. The van der Waals surface area contributed by atoms with E-state index in [9.17, 15) is 18.0 Å². The Morgan fingerprint density at radius 1 is 1.28 bits per heavy atom. The molecule has 1 aromatic rings. The molecule has 0 spiro atoms. The van der Waals surface area contributed by atoms with E-state index in [0.29, 0.717) is 23.6 Å². The van der Waals surface area contributed by atoms with E-state index >= 15 is 0 Å². The Hall–Kier alpha value is -1.61. The normalized spacial score (nSPS) is 20.7. The average Bonchev–Trinajstić information content (AvgIpc) is 3.36. The number of hydrogen-bond acceptors (Lipinski definition) is 6. The molecule has 0 bridgehead atoms. The molecular weight excluding hydrogens is 410 g/mol. The average molecular weight is 440 g/mol. The topological polar surface area (TPSA) is 87.7 Å². The molecule has 2 amide bonds. The van der Waals surface area contributed by atoms with Crippen LogP contribution < -0.4 is 0 Å². The molecule has 29 heavy (non-hydrogen) atoms. The van der Waals surface area contributed by atoms with Crippen molar-refractivity contribution >= 4 is 33.4 Å². The van der Waals surface area contributed by atoms with Gasteiger partial charge in [-0.05, 0) is 37.8 Å². The SMILES string of the molecule is CCCCN(C(=O)CSc1ccc(C(=O)N2CCCC2)cn1)C1CCS(=O)(=O)C1. The summed E-state index contributed by atoms with van der Waals surface area (Å²) in [6.07, 6.45) is 6.00. The third-order valence-electron chi connectivity index (χ3n) is 5.44. The van der Waals surface area contributed by atoms with Gasteiger partial charge in [0, 0.05) is 31.9 Å². The fourth-order valence-electron chi connectivity index (χ4n) is 3.77. The van der Waals surface area contributed by atoms with Crippen LogP contribution in [0.5, 0.6) is 0 Å². The second-order valence-corrected chi connectivity index (χ2v) is 10.9. The fraction of sp³-hybridized carbons (Fsp3) is 0.650. The van der Waals surface area contributed by atoms with Gasteiger partial charge in [-0.15, -0.1) is 0 Å². The number of rotatable bonds is 8. The van der Waals surface area contributed by atoms with Crippen LogP contribution in [0.25, 0.3) is 0 Å². The van der Waals surface area contributed by atoms with Gasteiger partial charge in [-0.25, -0.2) is 13.4 Å². The van der Waals surface area contributed by atoms with Crippen LogP contribution in [0.4, 0.5) is 0 Å². The molecule has 0 aromatic carbocycles. The minimum Gasteiger partial charge on any atom is -0.339 e. The zero-order valence-electron chi connectivity index (χ0n) is 16.9. The largest absolute Gasteiger partial charge is 0.339 e. The first-order chi connectivity index (χ1) is 13.9. The Balaban J connectivity index is 1.56. The number of nitrogens with zero attached hydrogens (tertiary/aromatic N) is 3. The maximum absolute atomic E-state index is 12.8. The summed E-state index contributed by atoms with van der Waals surface area (Å²) in [6.45, 7) is 4.24. The van der Waals surface area contributed by atoms with Crippen LogP contribution in [0, 0.1) is 0 Å². The van der Waals surface area contributed by atoms with Gasteiger partial charge >= 0.3 is 0 Å². The number of aromatic nitrogens is 1. The summed E-state index contributed by atoms with van der Waals surface area (Å²) in [4.78, 5) is 33.1. The lowest BCUT2D eigenvalue weighted by atomic mass is 10.2. The Bertz CT molecular complexity index is 821. The molecule has 0 radical (unpaired) electrons. The summed E-state index contributed by atoms with van der Waals surface area (Å²) in [5.74, 6) is 0.403. The van der Waals surface area contributed by atoms with Gasteiger partial charge in [-0.3, -0.25) is 9.59 Å². The van der Waals surface area contributed by atoms with E-state index in [4.69, 9.17) is 0 Å². The molecule has 0 N–H and O–H groups in total. The molecule has 7 nitrogen and oxygen atoms in total. The molecule has 3 heterocycles. The zero-order chi connectivity index (χ0) is 20.9. The van der Waals surface area contributed by atoms with Crippen molar-refractivity contribution in [2.75, 3.05) is 36.9 Å². The summed E-state index contributed by atoms with van der Waals surface area (Å²) in [6, 6.07) is 3.32. The lowest BCUT2D eigenvalue weighted by Crippen LogP contribution is -2.42. The van der Waals surface area contributed by atoms with Gasteiger partial charge in [0.15, 0.2) is 9.84 Å². The number of hydrogen-bond donors (Lipinski definition) is 0. The van der Waals surface area contributed by atoms with Gasteiger partial charge in [0.1, 0.15) is 0 Å². The third kappa shape index (κ3) is 5.94. The van der Waals surface area contributed by atoms with E-state index < -0.39 is 9.84 Å². The van der Waals surface area contributed by atoms with Gasteiger partial charge in [0.25, 0.3) is 5.91 Å². The van der Waals surface area contributed by atoms with Crippen molar-refractivity contribution in [2.45, 2.75) is 50.1 Å². The van der Waals surface area contributed by atoms with E-state index in [1.165, 1.54) is 11.8 Å². The highest BCUT2D eigenvalue weighted by Gasteiger charge is 2.34. The van der Waals surface area contributed by atoms with Crippen LogP contribution in [0.1, 0.15) is 49.4 Å². The Morgan fingerprint density at radius 2 is 2.03 bits per heavy atom. The van der Waals surface area contributed by atoms with Crippen LogP contribution in [-0.4, -0.2) is 78.0 Å². The smallest absolute Gasteiger partial charge is 0.255 e. The van der Waals surface area contributed by atoms with Crippen molar-refractivity contribution in [2.24, 2.45) is 0 Å². The fourth-order valence-corrected chi connectivity index (χ4v) is 6.23. The molecular formula is C20H29N3O4S2. The van der Waals surface area contributed by atoms with Gasteiger partial charge in [0.05, 0.1) is 27.8 Å². The van der Waals surface area contributed by atoms with Gasteiger partial charge in [0.2, 0.25) is 5.91 Å². The van der Waals surface area contributed by atoms with Crippen molar-refractivity contribution < 1.29 is 18.0 Å². The molecule has 160 valence electrons. The Kier molecular flexibility index (Phi) is 7.56. The summed E-state index contributed by atoms with van der Waals surface area (Å²) in [5.41, 5.74) is 0.573. The first-order valence-electron chi connectivity index (χ1n) is 10.3. The van der Waals surface area contributed by atoms with E-state index in [1.54, 1.807) is 23.2 Å². The van der Waals surface area contributed by atoms with Crippen LogP contribution in [-0.2, 0) is 14.6 Å². The maximum Gasteiger partial charge on any atom is 0.255 e. The summed E-state index contributed by atoms with van der Waals surface area (Å²) in [7, 11) is -3.04. The van der Waals surface area contributed by atoms with Crippen LogP contribution in [0.15, 0.2) is 23.4 Å². The first-order valence-corrected chi connectivity index (χ1v) is 13.1. The maximum atomic E-state index is 12.8. The minimum atomic E-state index is -3.04. The number of thioether (sulfide) groups is 1. The van der Waals surface area contributed by atoms with E-state index in [1.807, 2.05) is 4.90 Å². The number of unbranched alkanes of at least 4 members (excludes halogenated alkanes) is 1. The lowest BCUT2D eigenvalue weighted by molar-refractivity contribution is -0.130. The first kappa shape index (κ1) is 22.1. The van der Waals surface area contributed by atoms with Crippen molar-refractivity contribution in [3.63, 3.8) is 0 Å². The highest BCUT2D eigenvalue weighted by molar-refractivity contribution is 7.99. The van der Waals surface area contributed by atoms with Crippen molar-refractivity contribution in [3.8, 4) is 0 Å². The molecule has 1 aromatic heterocycles. The van der Waals surface area contributed by atoms with Gasteiger partial charge in [-0.2, -0.15) is 0 Å². The quantitative estimate of drug-likeness (QED) is 0.577. The lowest BCUT2D eigenvalue weighted by Gasteiger charge is -2.28. The summed E-state index contributed by atoms with van der Waals surface area (Å²) >= 11 is 1.32. The summed E-state index contributed by atoms with van der Waals surface area (Å²) in [5, 5.41) is 0.686. The molecule has 2 aliphatic rings. The summed E-state index contributed by atoms with van der Waals surface area (Å²) < 4.78 is 23.6. The number of carbonyl (C=O) groups is 2. The second-order valence-electron chi connectivity index (χ2n) is 7.67. The standard InChI is InChI=1S/C20H29N3O4S2/c1-2-3-11-23(17-8-12-29(26,27)15-17)19(24)14-28-18-7-6-16(13-21-18)20(25)22-9-4-5-10-22/h6-7,13,17H,2-5,8-12,14-15H2,1H3. The van der Waals surface area contributed by atoms with Gasteiger partial charge in [-0.1, -0.05) is 25.1 Å². The molecule has 2 aliphatic heterocycles. The van der Waals surface area contributed by atoms with Crippen molar-refractivity contribution in [1.29, 1.82) is 0 Å². The molecule has 1 atom stereocenters. The van der Waals surface area contributed by atoms with Crippen LogP contribution in [0.2, 0.25) is 0 Å². The predicted octanol–water partition coefficient (Wildman–Crippen LogP) is 2.23. The molecule has 2 fully saturated rings. The number of likely N-dealkylation sites (tertiary alicyclic amines) is 1. The van der Waals surface area contributed by atoms with E-state index in [0.717, 1.165) is 38.8 Å². The van der Waals surface area contributed by atoms with E-state index in [2.05, 4.69) is 11.9 Å². The highest BCUT2D eigenvalue weighted by Crippen LogP contribution is 2.22. The molecule has 0 aliphatic carbocycles. The predicted molar refractivity (Wildman–Crippen MR) is 114 cm³/mol. The molecule has 3 rings (SSSR count). The highest BCUT2D eigenvalue weighted by atomic mass is 32.2. The number of pyridine rings is 1. The number of sulfone groups is 1. The number of carbonyl (C=O) groups excluding carboxylic acids is 2. The van der Waals surface area contributed by atoms with E-state index in [-0.39, 0.29) is 35.1 Å². The Morgan fingerprint density at radius 3 is 2.62 bits per heavy atom. The zero-order valence-corrected chi connectivity index (χ0v) is 18.5. The van der Waals surface area contributed by atoms with Crippen LogP contribution in [0.3, 0.4) is 0 Å². The Labute approximate surface area is 177 Å². The molecule has 2 saturated heterocycles. The van der Waals surface area contributed by atoms with Crippen molar-refractivity contribution in [3.05, 3.63) is 23.9 Å². The van der Waals surface area contributed by atoms with Crippen LogP contribution >= 0.6 is 11.8 Å². The van der Waals surface area contributed by atoms with Gasteiger partial charge < -0.3 is 9.80 Å². The molecule has 0 saturated carbocycles. The molecule has 1 unspecified atom stereocenters. The monoisotopic (exact) mass is 439 g/mol. The molecule has 9 heteroatoms. The third-order valence-corrected chi connectivity index (χ3v) is 8.12. The second kappa shape index (κ2) is 9.93. The number of amides is 2.